The van der Waals surface area contributed by atoms with Gasteiger partial charge in [-0.2, -0.15) is 0 Å². The van der Waals surface area contributed by atoms with Crippen LogP contribution in [0.4, 0.5) is 0 Å². The van der Waals surface area contributed by atoms with Crippen LogP contribution >= 0.6 is 0 Å². The van der Waals surface area contributed by atoms with Crippen molar-refractivity contribution in [2.45, 2.75) is 0 Å². The summed E-state index contributed by atoms with van der Waals surface area (Å²) in [5, 5.41) is 0. The van der Waals surface area contributed by atoms with Crippen LogP contribution in [-0.4, -0.2) is 14.3 Å². The first-order valence-corrected chi connectivity index (χ1v) is 10.4. The molecule has 0 aromatic heterocycles. The number of hydrogen-bond donors (Lipinski definition) is 0. The Kier molecular flexibility index (Phi) is 24.7. The van der Waals surface area contributed by atoms with Crippen molar-refractivity contribution >= 4 is 27.5 Å². The molecule has 0 saturated carbocycles. The van der Waals surface area contributed by atoms with Crippen molar-refractivity contribution in [3.63, 3.8) is 0 Å². The summed E-state index contributed by atoms with van der Waals surface area (Å²) < 4.78 is 34.5. The predicted octanol–water partition coefficient (Wildman–Crippen LogP) is 2.05. The van der Waals surface area contributed by atoms with Gasteiger partial charge in [0, 0.05) is 16.8 Å². The molecule has 140 valence electrons. The number of benzene rings is 3. The second kappa shape index (κ2) is 22.7. The summed E-state index contributed by atoms with van der Waals surface area (Å²) in [6.45, 7) is 18.0. The maximum absolute atomic E-state index is 7.50. The molecular formula is C22H15CoGeO4. The van der Waals surface area contributed by atoms with Gasteiger partial charge < -0.3 is 0 Å². The fraction of sp³-hybridized carbons (Fsp3) is 0. The summed E-state index contributed by atoms with van der Waals surface area (Å²) in [7, 11) is 0. The Morgan fingerprint density at radius 1 is 0.393 bits per heavy atom. The molecule has 0 aliphatic heterocycles. The third-order valence-electron chi connectivity index (χ3n) is 3.19. The van der Waals surface area contributed by atoms with E-state index in [0.29, 0.717) is 0 Å². The number of hydrogen-bond acceptors (Lipinski definition) is 0. The fourth-order valence-corrected chi connectivity index (χ4v) is 7.72. The van der Waals surface area contributed by atoms with Crippen molar-refractivity contribution in [3.05, 3.63) is 118 Å². The molecule has 0 fully saturated rings. The van der Waals surface area contributed by atoms with Crippen molar-refractivity contribution in [2.24, 2.45) is 0 Å². The van der Waals surface area contributed by atoms with E-state index in [4.69, 9.17) is 18.6 Å². The predicted molar refractivity (Wildman–Crippen MR) is 99.7 cm³/mol. The van der Waals surface area contributed by atoms with Gasteiger partial charge in [-0.1, -0.05) is 0 Å². The summed E-state index contributed by atoms with van der Waals surface area (Å²) in [5.74, 6) is 0. The van der Waals surface area contributed by atoms with E-state index in [0.717, 1.165) is 0 Å². The van der Waals surface area contributed by atoms with Gasteiger partial charge in [0.2, 0.25) is 0 Å². The van der Waals surface area contributed by atoms with Crippen LogP contribution in [0.1, 0.15) is 0 Å². The summed E-state index contributed by atoms with van der Waals surface area (Å²) >= 11 is -1.63. The Morgan fingerprint density at radius 2 is 0.571 bits per heavy atom. The molecular weight excluding hydrogens is 460 g/mol. The van der Waals surface area contributed by atoms with E-state index >= 15 is 0 Å². The van der Waals surface area contributed by atoms with Crippen LogP contribution < -0.4 is 13.2 Å². The Morgan fingerprint density at radius 3 is 0.750 bits per heavy atom. The molecule has 0 N–H and O–H groups in total. The van der Waals surface area contributed by atoms with Gasteiger partial charge in [-0.3, -0.25) is 0 Å². The van der Waals surface area contributed by atoms with Crippen molar-refractivity contribution in [2.75, 3.05) is 0 Å². The average molecular weight is 475 g/mol. The third kappa shape index (κ3) is 10.7. The van der Waals surface area contributed by atoms with E-state index in [1.165, 1.54) is 13.2 Å². The van der Waals surface area contributed by atoms with Gasteiger partial charge >= 0.3 is 164 Å². The van der Waals surface area contributed by atoms with Gasteiger partial charge in [0.1, 0.15) is 0 Å². The van der Waals surface area contributed by atoms with E-state index in [2.05, 4.69) is 118 Å². The van der Waals surface area contributed by atoms with Crippen LogP contribution in [0, 0.1) is 26.6 Å². The quantitative estimate of drug-likeness (QED) is 0.316. The molecule has 0 amide bonds. The summed E-state index contributed by atoms with van der Waals surface area (Å²) in [6.07, 6.45) is 0. The summed E-state index contributed by atoms with van der Waals surface area (Å²) in [4.78, 5) is 0. The molecule has 3 aromatic rings. The molecule has 0 atom stereocenters. The normalized spacial score (nSPS) is 7.46. The van der Waals surface area contributed by atoms with Crippen LogP contribution in [0.3, 0.4) is 0 Å². The molecule has 2 radical (unpaired) electrons. The zero-order valence-corrected chi connectivity index (χ0v) is 17.8. The van der Waals surface area contributed by atoms with Crippen LogP contribution in [0.2, 0.25) is 0 Å². The van der Waals surface area contributed by atoms with Gasteiger partial charge in [-0.25, -0.2) is 0 Å². The number of rotatable bonds is 3. The Bertz CT molecular complexity index is 683. The first-order chi connectivity index (χ1) is 13.4. The van der Waals surface area contributed by atoms with E-state index in [1.807, 2.05) is 0 Å². The fourth-order valence-electron chi connectivity index (χ4n) is 2.31. The van der Waals surface area contributed by atoms with Gasteiger partial charge in [-0.15, -0.1) is 0 Å². The Balaban J connectivity index is -0.000000622. The molecule has 4 nitrogen and oxygen atoms in total. The Labute approximate surface area is 180 Å². The SMILES string of the molecule is [C-]#[O+].[C-]#[O+].[C-]#[O+].[C-]#[O+].[Co].c1cc[c]([Ge]([c]2ccccc2)[c]2ccccc2)cc1. The van der Waals surface area contributed by atoms with Crippen molar-refractivity contribution in [1.82, 2.24) is 0 Å². The van der Waals surface area contributed by atoms with Gasteiger partial charge in [0.15, 0.2) is 0 Å². The second-order valence-corrected chi connectivity index (χ2v) is 9.68. The molecule has 0 aliphatic rings. The molecule has 0 spiro atoms. The zero-order valence-electron chi connectivity index (χ0n) is 14.6. The minimum atomic E-state index is -1.63. The van der Waals surface area contributed by atoms with Crippen LogP contribution in [0.15, 0.2) is 91.0 Å². The third-order valence-corrected chi connectivity index (χ3v) is 8.92. The van der Waals surface area contributed by atoms with Crippen molar-refractivity contribution in [1.29, 1.82) is 0 Å². The minimum absolute atomic E-state index is 0. The molecule has 3 rings (SSSR count). The summed E-state index contributed by atoms with van der Waals surface area (Å²) in [6, 6.07) is 32.8. The molecule has 6 heteroatoms. The van der Waals surface area contributed by atoms with Crippen LogP contribution in [-0.2, 0) is 35.4 Å². The molecule has 0 unspecified atom stereocenters. The van der Waals surface area contributed by atoms with Crippen LogP contribution in [0.25, 0.3) is 0 Å². The molecule has 0 bridgehead atoms. The molecule has 28 heavy (non-hydrogen) atoms. The van der Waals surface area contributed by atoms with E-state index < -0.39 is 14.3 Å². The summed E-state index contributed by atoms with van der Waals surface area (Å²) in [5.41, 5.74) is 0. The van der Waals surface area contributed by atoms with E-state index in [-0.39, 0.29) is 16.8 Å². The monoisotopic (exact) mass is 476 g/mol. The van der Waals surface area contributed by atoms with Gasteiger partial charge in [0.05, 0.1) is 0 Å². The standard InChI is InChI=1S/C18H15Ge.4CO.Co/c1-4-10-16(11-5-1)19(17-12-6-2-7-13-17)18-14-8-3-9-15-18;4*1-2;/h1-15H;;;;;. The first-order valence-electron chi connectivity index (χ1n) is 7.30. The van der Waals surface area contributed by atoms with E-state index in [1.54, 1.807) is 0 Å². The van der Waals surface area contributed by atoms with Gasteiger partial charge in [-0.05, 0) is 0 Å². The molecule has 3 aromatic carbocycles. The van der Waals surface area contributed by atoms with Crippen molar-refractivity contribution in [3.8, 4) is 0 Å². The molecule has 0 aliphatic carbocycles. The van der Waals surface area contributed by atoms with Gasteiger partial charge in [0.25, 0.3) is 0 Å². The van der Waals surface area contributed by atoms with Crippen LogP contribution in [0.5, 0.6) is 0 Å². The van der Waals surface area contributed by atoms with Crippen molar-refractivity contribution < 1.29 is 35.4 Å². The molecule has 0 heterocycles. The topological polar surface area (TPSA) is 79.6 Å². The van der Waals surface area contributed by atoms with E-state index in [9.17, 15) is 0 Å². The average Bonchev–Trinajstić information content (AvgIpc) is 2.82. The first kappa shape index (κ1) is 30.4. The Hall–Kier alpha value is -2.33. The molecule has 0 saturated heterocycles. The zero-order chi connectivity index (χ0) is 20.9. The maximum atomic E-state index is 7.50. The second-order valence-electron chi connectivity index (χ2n) is 4.47.